The number of nitrogens with two attached hydrogens (primary N) is 2. The molecule has 0 unspecified atom stereocenters. The van der Waals surface area contributed by atoms with E-state index in [1.165, 1.54) is 6.92 Å². The number of hydrogen-bond donors (Lipinski definition) is 3. The summed E-state index contributed by atoms with van der Waals surface area (Å²) in [6.07, 6.45) is 2.65. The van der Waals surface area contributed by atoms with Crippen LogP contribution in [-0.2, 0) is 46.5 Å². The van der Waals surface area contributed by atoms with E-state index in [0.717, 1.165) is 11.1 Å². The minimum Gasteiger partial charge on any atom is -0.346 e. The zero-order chi connectivity index (χ0) is 36.7. The summed E-state index contributed by atoms with van der Waals surface area (Å²) in [5, 5.41) is 2.97. The predicted octanol–water partition coefficient (Wildman–Crippen LogP) is 3.47. The first kappa shape index (κ1) is 40.7. The van der Waals surface area contributed by atoms with Gasteiger partial charge in [-0.3, -0.25) is 24.0 Å². The lowest BCUT2D eigenvalue weighted by atomic mass is 9.87. The molecule has 50 heavy (non-hydrogen) atoms. The summed E-state index contributed by atoms with van der Waals surface area (Å²) in [7, 11) is -2.71. The van der Waals surface area contributed by atoms with Gasteiger partial charge in [0.15, 0.2) is 11.6 Å². The molecule has 11 nitrogen and oxygen atoms in total. The van der Waals surface area contributed by atoms with Crippen LogP contribution in [0.4, 0.5) is 0 Å². The van der Waals surface area contributed by atoms with Crippen molar-refractivity contribution in [1.29, 1.82) is 0 Å². The summed E-state index contributed by atoms with van der Waals surface area (Å²) in [4.78, 5) is 68.2. The Labute approximate surface area is 297 Å². The van der Waals surface area contributed by atoms with Gasteiger partial charge in [0, 0.05) is 56.2 Å². The summed E-state index contributed by atoms with van der Waals surface area (Å²) in [6.45, 7) is 6.00. The molecule has 0 spiro atoms. The Bertz CT molecular complexity index is 1540. The van der Waals surface area contributed by atoms with Crippen LogP contribution in [0, 0.1) is 17.8 Å². The molecule has 3 amide bonds. The van der Waals surface area contributed by atoms with E-state index in [1.807, 2.05) is 74.5 Å². The van der Waals surface area contributed by atoms with Crippen LogP contribution in [0.1, 0.15) is 70.4 Å². The van der Waals surface area contributed by atoms with E-state index >= 15 is 0 Å². The average molecular weight is 710 g/mol. The lowest BCUT2D eigenvalue weighted by Crippen LogP contribution is -2.49. The van der Waals surface area contributed by atoms with Crippen LogP contribution < -0.4 is 16.8 Å². The normalized spacial score (nSPS) is 16.6. The number of Topliss-reactive ketones (excluding diaryl/α,β-unsaturated/α-hetero) is 2. The largest absolute Gasteiger partial charge is 0.346 e. The summed E-state index contributed by atoms with van der Waals surface area (Å²) < 4.78 is 16.7. The number of nitrogens with zero attached hydrogens (tertiary/aromatic N) is 2. The monoisotopic (exact) mass is 709 g/mol. The Balaban J connectivity index is 1.77. The molecule has 0 aliphatic carbocycles. The third-order valence-electron chi connectivity index (χ3n) is 9.04. The number of unbranched alkanes of at least 4 members (excludes halogenated alkanes) is 1. The third kappa shape index (κ3) is 13.5. The first-order valence-corrected chi connectivity index (χ1v) is 19.6. The van der Waals surface area contributed by atoms with Crippen molar-refractivity contribution in [3.8, 4) is 0 Å². The number of rotatable bonds is 19. The lowest BCUT2D eigenvalue weighted by molar-refractivity contribution is -0.139. The zero-order valence-electron chi connectivity index (χ0n) is 29.8. The van der Waals surface area contributed by atoms with Crippen LogP contribution in [0.5, 0.6) is 0 Å². The fourth-order valence-electron chi connectivity index (χ4n) is 6.32. The van der Waals surface area contributed by atoms with Gasteiger partial charge in [0.05, 0.1) is 21.8 Å². The first-order valence-electron chi connectivity index (χ1n) is 17.7. The lowest BCUT2D eigenvalue weighted by Gasteiger charge is -2.32. The quantitative estimate of drug-likeness (QED) is 0.185. The van der Waals surface area contributed by atoms with Gasteiger partial charge in [-0.1, -0.05) is 80.9 Å². The van der Waals surface area contributed by atoms with Crippen LogP contribution in [0.15, 0.2) is 65.0 Å². The molecule has 0 bridgehead atoms. The van der Waals surface area contributed by atoms with Gasteiger partial charge < -0.3 is 21.7 Å². The van der Waals surface area contributed by atoms with Crippen molar-refractivity contribution in [1.82, 2.24) is 10.2 Å². The van der Waals surface area contributed by atoms with Crippen molar-refractivity contribution in [2.45, 2.75) is 84.2 Å². The molecule has 0 aromatic heterocycles. The molecule has 4 atom stereocenters. The molecule has 0 saturated carbocycles. The molecular formula is C38H55N5O6S. The molecule has 1 heterocycles. The van der Waals surface area contributed by atoms with Crippen LogP contribution in [0.2, 0.25) is 0 Å². The van der Waals surface area contributed by atoms with Crippen molar-refractivity contribution < 1.29 is 28.2 Å². The average Bonchev–Trinajstić information content (AvgIpc) is 3.07. The topological polar surface area (TPSA) is 182 Å². The van der Waals surface area contributed by atoms with Gasteiger partial charge in [0.2, 0.25) is 11.8 Å². The van der Waals surface area contributed by atoms with Gasteiger partial charge in [-0.05, 0) is 55.7 Å². The smallest absolute Gasteiger partial charge is 0.250 e. The summed E-state index contributed by atoms with van der Waals surface area (Å²) in [5.41, 5.74) is 13.9. The molecule has 1 aliphatic heterocycles. The Hall–Kier alpha value is -3.74. The van der Waals surface area contributed by atoms with Crippen molar-refractivity contribution in [2.24, 2.45) is 33.6 Å². The fourth-order valence-corrected chi connectivity index (χ4v) is 8.19. The SMILES string of the molecule is CC(=O)N=S1(=O)CCN(C(=O)[C@@H](CCCCN)CC(=O)[C@@H](CC(C)C)NC(=O)[C@H](CC(=O)[C@H](N)Cc2ccccc2)Cc2ccccc2)CC1. The highest BCUT2D eigenvalue weighted by Gasteiger charge is 2.34. The maximum absolute atomic E-state index is 14.0. The van der Waals surface area contributed by atoms with Crippen LogP contribution in [0.25, 0.3) is 0 Å². The summed E-state index contributed by atoms with van der Waals surface area (Å²) in [5.74, 6) is -2.73. The van der Waals surface area contributed by atoms with Crippen LogP contribution >= 0.6 is 0 Å². The van der Waals surface area contributed by atoms with Crippen LogP contribution in [-0.4, -0.2) is 81.6 Å². The molecule has 12 heteroatoms. The van der Waals surface area contributed by atoms with E-state index in [4.69, 9.17) is 11.5 Å². The first-order chi connectivity index (χ1) is 23.8. The molecule has 2 aromatic rings. The number of benzene rings is 2. The van der Waals surface area contributed by atoms with E-state index in [1.54, 1.807) is 4.90 Å². The molecular weight excluding hydrogens is 655 g/mol. The number of amides is 3. The molecule has 1 fully saturated rings. The number of hydrogen-bond acceptors (Lipinski definition) is 8. The van der Waals surface area contributed by atoms with Gasteiger partial charge in [-0.25, -0.2) is 4.21 Å². The predicted molar refractivity (Wildman–Crippen MR) is 196 cm³/mol. The molecule has 5 N–H and O–H groups in total. The Morgan fingerprint density at radius 3 is 1.94 bits per heavy atom. The van der Waals surface area contributed by atoms with E-state index in [0.29, 0.717) is 45.1 Å². The minimum absolute atomic E-state index is 0.0596. The molecule has 274 valence electrons. The molecule has 1 saturated heterocycles. The van der Waals surface area contributed by atoms with E-state index in [-0.39, 0.29) is 60.8 Å². The highest BCUT2D eigenvalue weighted by atomic mass is 32.2. The standard InChI is InChI=1S/C38H55N5O6S/c1-27(2)22-34(36(46)25-31(16-10-11-17-39)38(48)43-18-20-50(49,21-19-43)42-28(3)44)41-37(47)32(23-29-12-6-4-7-13-29)26-35(45)33(40)24-30-14-8-5-9-15-30/h4-9,12-15,27,31-34H,10-11,16-26,39-40H2,1-3H3,(H,41,47)/t31-,32-,33+,34+/m0/s1. The Morgan fingerprint density at radius 2 is 1.40 bits per heavy atom. The fraction of sp³-hybridized carbons (Fsp3) is 0.553. The van der Waals surface area contributed by atoms with E-state index < -0.39 is 45.5 Å². The number of carbonyl (C=O) groups excluding carboxylic acids is 5. The minimum atomic E-state index is -2.71. The van der Waals surface area contributed by atoms with E-state index in [2.05, 4.69) is 9.68 Å². The van der Waals surface area contributed by atoms with Crippen molar-refractivity contribution in [3.63, 3.8) is 0 Å². The molecule has 3 rings (SSSR count). The van der Waals surface area contributed by atoms with Crippen molar-refractivity contribution >= 4 is 39.0 Å². The summed E-state index contributed by atoms with van der Waals surface area (Å²) >= 11 is 0. The maximum Gasteiger partial charge on any atom is 0.250 e. The van der Waals surface area contributed by atoms with Crippen LogP contribution in [0.3, 0.4) is 0 Å². The highest BCUT2D eigenvalue weighted by Crippen LogP contribution is 2.23. The van der Waals surface area contributed by atoms with Crippen molar-refractivity contribution in [3.05, 3.63) is 71.8 Å². The third-order valence-corrected chi connectivity index (χ3v) is 11.3. The van der Waals surface area contributed by atoms with Gasteiger partial charge in [-0.2, -0.15) is 4.36 Å². The zero-order valence-corrected chi connectivity index (χ0v) is 30.6. The van der Waals surface area contributed by atoms with Crippen molar-refractivity contribution in [2.75, 3.05) is 31.1 Å². The second-order valence-electron chi connectivity index (χ2n) is 13.8. The molecule has 2 aromatic carbocycles. The highest BCUT2D eigenvalue weighted by molar-refractivity contribution is 7.94. The number of nitrogens with one attached hydrogen (secondary N) is 1. The van der Waals surface area contributed by atoms with E-state index in [9.17, 15) is 28.2 Å². The Morgan fingerprint density at radius 1 is 0.840 bits per heavy atom. The second-order valence-corrected chi connectivity index (χ2v) is 16.4. The Kier molecular flexibility index (Phi) is 16.4. The molecule has 0 radical (unpaired) electrons. The number of ketones is 2. The maximum atomic E-state index is 14.0. The van der Waals surface area contributed by atoms with Gasteiger partial charge in [0.25, 0.3) is 5.91 Å². The number of carbonyl (C=O) groups is 5. The van der Waals surface area contributed by atoms with Gasteiger partial charge in [-0.15, -0.1) is 0 Å². The second kappa shape index (κ2) is 20.2. The molecule has 1 aliphatic rings. The summed E-state index contributed by atoms with van der Waals surface area (Å²) in [6, 6.07) is 17.3. The van der Waals surface area contributed by atoms with Gasteiger partial charge in [0.1, 0.15) is 0 Å². The van der Waals surface area contributed by atoms with Gasteiger partial charge >= 0.3 is 0 Å².